The molecule has 1 aromatic rings. The van der Waals surface area contributed by atoms with Gasteiger partial charge in [-0.15, -0.1) is 0 Å². The van der Waals surface area contributed by atoms with Gasteiger partial charge in [-0.25, -0.2) is 8.42 Å². The molecule has 1 rings (SSSR count). The quantitative estimate of drug-likeness (QED) is 0.654. The largest absolute Gasteiger partial charge is 0.497 e. The van der Waals surface area contributed by atoms with Gasteiger partial charge in [-0.2, -0.15) is 8.42 Å². The lowest BCUT2D eigenvalue weighted by Crippen LogP contribution is -2.01. The zero-order valence-corrected chi connectivity index (χ0v) is 10.3. The number of ether oxygens (including phenoxy) is 1. The van der Waals surface area contributed by atoms with Crippen LogP contribution in [0, 0.1) is 0 Å². The van der Waals surface area contributed by atoms with Crippen LogP contribution in [0.2, 0.25) is 0 Å². The maximum Gasteiger partial charge on any atom is 0.294 e. The second-order valence-electron chi connectivity index (χ2n) is 2.76. The van der Waals surface area contributed by atoms with Gasteiger partial charge < -0.3 is 4.74 Å². The fraction of sp³-hybridized carbons (Fsp3) is 0.143. The van der Waals surface area contributed by atoms with Gasteiger partial charge in [0, 0.05) is 22.8 Å². The van der Waals surface area contributed by atoms with E-state index in [1.54, 1.807) is 0 Å². The molecule has 6 nitrogen and oxygen atoms in total. The highest BCUT2D eigenvalue weighted by Crippen LogP contribution is 2.25. The van der Waals surface area contributed by atoms with Gasteiger partial charge >= 0.3 is 0 Å². The van der Waals surface area contributed by atoms with E-state index in [2.05, 4.69) is 4.74 Å². The lowest BCUT2D eigenvalue weighted by atomic mass is 10.3. The smallest absolute Gasteiger partial charge is 0.294 e. The Balaban J connectivity index is 3.58. The second kappa shape index (κ2) is 4.21. The van der Waals surface area contributed by atoms with Gasteiger partial charge in [0.1, 0.15) is 5.75 Å². The van der Waals surface area contributed by atoms with Gasteiger partial charge in [-0.05, 0) is 6.07 Å². The van der Waals surface area contributed by atoms with Crippen LogP contribution in [-0.4, -0.2) is 28.5 Å². The number of rotatable bonds is 3. The number of methoxy groups -OCH3 is 1. The summed E-state index contributed by atoms with van der Waals surface area (Å²) in [7, 11) is -2.36. The molecule has 0 saturated carbocycles. The van der Waals surface area contributed by atoms with Gasteiger partial charge in [0.2, 0.25) is 0 Å². The van der Waals surface area contributed by atoms with Crippen LogP contribution in [-0.2, 0) is 19.2 Å². The van der Waals surface area contributed by atoms with Crippen LogP contribution in [0.3, 0.4) is 0 Å². The summed E-state index contributed by atoms with van der Waals surface area (Å²) in [5, 5.41) is 0. The second-order valence-corrected chi connectivity index (χ2v) is 6.74. The minimum Gasteiger partial charge on any atom is -0.497 e. The first-order valence-electron chi connectivity index (χ1n) is 3.76. The molecule has 0 aliphatic carbocycles. The Morgan fingerprint density at radius 3 is 2.00 bits per heavy atom. The van der Waals surface area contributed by atoms with Crippen LogP contribution in [0.15, 0.2) is 28.0 Å². The third kappa shape index (κ3) is 3.08. The first-order chi connectivity index (χ1) is 7.14. The molecule has 0 bridgehead atoms. The highest BCUT2D eigenvalue weighted by atomic mass is 35.7. The normalized spacial score (nSPS) is 12.4. The van der Waals surface area contributed by atoms with Crippen molar-refractivity contribution in [2.75, 3.05) is 7.11 Å². The molecule has 1 aromatic carbocycles. The zero-order valence-electron chi connectivity index (χ0n) is 7.91. The highest BCUT2D eigenvalue weighted by molar-refractivity contribution is 8.13. The first kappa shape index (κ1) is 13.2. The van der Waals surface area contributed by atoms with E-state index in [1.807, 2.05) is 0 Å². The molecule has 9 heteroatoms. The van der Waals surface area contributed by atoms with Crippen LogP contribution in [0.5, 0.6) is 5.75 Å². The van der Waals surface area contributed by atoms with Crippen LogP contribution in [0.4, 0.5) is 0 Å². The molecular weight excluding hydrogens is 280 g/mol. The third-order valence-corrected chi connectivity index (χ3v) is 3.83. The van der Waals surface area contributed by atoms with E-state index in [0.29, 0.717) is 0 Å². The predicted octanol–water partition coefficient (Wildman–Crippen LogP) is 0.869. The standard InChI is InChI=1S/C7H7ClO6S2/c1-14-5-2-6(15(8,9)10)4-7(3-5)16(11,12)13/h2-4H,1H3,(H,11,12,13). The van der Waals surface area contributed by atoms with Crippen LogP contribution < -0.4 is 4.74 Å². The fourth-order valence-electron chi connectivity index (χ4n) is 0.953. The van der Waals surface area contributed by atoms with E-state index in [-0.39, 0.29) is 5.75 Å². The zero-order chi connectivity index (χ0) is 12.6. The maximum absolute atomic E-state index is 11.0. The average molecular weight is 287 g/mol. The number of hydrogen-bond acceptors (Lipinski definition) is 5. The van der Waals surface area contributed by atoms with E-state index in [1.165, 1.54) is 7.11 Å². The third-order valence-electron chi connectivity index (χ3n) is 1.67. The summed E-state index contributed by atoms with van der Waals surface area (Å²) >= 11 is 0. The lowest BCUT2D eigenvalue weighted by Gasteiger charge is -2.05. The molecule has 0 saturated heterocycles. The Morgan fingerprint density at radius 1 is 1.12 bits per heavy atom. The Morgan fingerprint density at radius 2 is 1.62 bits per heavy atom. The van der Waals surface area contributed by atoms with Crippen LogP contribution in [0.25, 0.3) is 0 Å². The van der Waals surface area contributed by atoms with E-state index < -0.39 is 29.0 Å². The average Bonchev–Trinajstić information content (AvgIpc) is 2.14. The highest BCUT2D eigenvalue weighted by Gasteiger charge is 2.18. The van der Waals surface area contributed by atoms with E-state index >= 15 is 0 Å². The number of benzene rings is 1. The summed E-state index contributed by atoms with van der Waals surface area (Å²) in [6, 6.07) is 2.75. The molecule has 0 aliphatic heterocycles. The van der Waals surface area contributed by atoms with E-state index in [0.717, 1.165) is 18.2 Å². The van der Waals surface area contributed by atoms with Crippen molar-refractivity contribution in [2.45, 2.75) is 9.79 Å². The van der Waals surface area contributed by atoms with Crippen molar-refractivity contribution in [1.29, 1.82) is 0 Å². The monoisotopic (exact) mass is 286 g/mol. The molecule has 0 aliphatic rings. The molecular formula is C7H7ClO6S2. The molecule has 0 atom stereocenters. The minimum absolute atomic E-state index is 0.0469. The van der Waals surface area contributed by atoms with Crippen molar-refractivity contribution < 1.29 is 26.1 Å². The fourth-order valence-corrected chi connectivity index (χ4v) is 2.36. The summed E-state index contributed by atoms with van der Waals surface area (Å²) < 4.78 is 57.2. The van der Waals surface area contributed by atoms with Crippen LogP contribution >= 0.6 is 10.7 Å². The molecule has 0 spiro atoms. The molecule has 0 heterocycles. The number of halogens is 1. The lowest BCUT2D eigenvalue weighted by molar-refractivity contribution is 0.411. The molecule has 0 fully saturated rings. The van der Waals surface area contributed by atoms with E-state index in [4.69, 9.17) is 15.2 Å². The Bertz CT molecular complexity index is 554. The molecule has 0 radical (unpaired) electrons. The SMILES string of the molecule is COc1cc(S(=O)(=O)O)cc(S(=O)(=O)Cl)c1. The molecule has 0 amide bonds. The summed E-state index contributed by atoms with van der Waals surface area (Å²) in [6.45, 7) is 0. The Hall–Kier alpha value is -0.830. The summed E-state index contributed by atoms with van der Waals surface area (Å²) in [6.07, 6.45) is 0. The summed E-state index contributed by atoms with van der Waals surface area (Å²) in [5.41, 5.74) is 0. The summed E-state index contributed by atoms with van der Waals surface area (Å²) in [5.74, 6) is -0.0469. The summed E-state index contributed by atoms with van der Waals surface area (Å²) in [4.78, 5) is -1.08. The van der Waals surface area contributed by atoms with Crippen molar-refractivity contribution in [1.82, 2.24) is 0 Å². The molecule has 0 unspecified atom stereocenters. The molecule has 90 valence electrons. The Labute approximate surface area is 97.0 Å². The first-order valence-corrected chi connectivity index (χ1v) is 7.51. The molecule has 0 aromatic heterocycles. The van der Waals surface area contributed by atoms with Crippen molar-refractivity contribution in [3.63, 3.8) is 0 Å². The van der Waals surface area contributed by atoms with Crippen molar-refractivity contribution in [2.24, 2.45) is 0 Å². The topological polar surface area (TPSA) is 97.7 Å². The van der Waals surface area contributed by atoms with E-state index in [9.17, 15) is 16.8 Å². The van der Waals surface area contributed by atoms with Gasteiger partial charge in [0.05, 0.1) is 16.9 Å². The van der Waals surface area contributed by atoms with Crippen molar-refractivity contribution >= 4 is 29.9 Å². The van der Waals surface area contributed by atoms with Gasteiger partial charge in [0.15, 0.2) is 0 Å². The Kier molecular flexibility index (Phi) is 3.48. The predicted molar refractivity (Wildman–Crippen MR) is 55.8 cm³/mol. The van der Waals surface area contributed by atoms with Crippen molar-refractivity contribution in [3.05, 3.63) is 18.2 Å². The van der Waals surface area contributed by atoms with Crippen LogP contribution in [0.1, 0.15) is 0 Å². The van der Waals surface area contributed by atoms with Gasteiger partial charge in [0.25, 0.3) is 19.2 Å². The number of hydrogen-bond donors (Lipinski definition) is 1. The van der Waals surface area contributed by atoms with Gasteiger partial charge in [-0.3, -0.25) is 4.55 Å². The van der Waals surface area contributed by atoms with Gasteiger partial charge in [-0.1, -0.05) is 0 Å². The van der Waals surface area contributed by atoms with Crippen molar-refractivity contribution in [3.8, 4) is 5.75 Å². The molecule has 16 heavy (non-hydrogen) atoms. The maximum atomic E-state index is 11.0. The minimum atomic E-state index is -4.52. The molecule has 1 N–H and O–H groups in total.